The molecule has 0 radical (unpaired) electrons. The van der Waals surface area contributed by atoms with Crippen molar-refractivity contribution in [3.8, 4) is 17.2 Å². The minimum absolute atomic E-state index is 0.128. The normalized spacial score (nSPS) is 10.2. The second kappa shape index (κ2) is 5.51. The second-order valence-electron chi connectivity index (χ2n) is 3.63. The van der Waals surface area contributed by atoms with Gasteiger partial charge >= 0.3 is 0 Å². The van der Waals surface area contributed by atoms with E-state index in [0.717, 1.165) is 0 Å². The molecule has 4 heteroatoms. The number of para-hydroxylation sites is 2. The Labute approximate surface area is 104 Å². The lowest BCUT2D eigenvalue weighted by molar-refractivity contribution is 0.269. The fourth-order valence-corrected chi connectivity index (χ4v) is 1.61. The van der Waals surface area contributed by atoms with Gasteiger partial charge in [-0.25, -0.2) is 4.39 Å². The van der Waals surface area contributed by atoms with Gasteiger partial charge in [0.25, 0.3) is 0 Å². The van der Waals surface area contributed by atoms with Gasteiger partial charge in [0, 0.05) is 0 Å². The molecule has 1 N–H and O–H groups in total. The molecule has 0 aliphatic carbocycles. The van der Waals surface area contributed by atoms with Gasteiger partial charge < -0.3 is 14.6 Å². The largest absolute Gasteiger partial charge is 0.493 e. The number of halogens is 1. The molecule has 0 amide bonds. The number of benzene rings is 2. The van der Waals surface area contributed by atoms with Gasteiger partial charge in [-0.15, -0.1) is 0 Å². The maximum Gasteiger partial charge on any atom is 0.169 e. The van der Waals surface area contributed by atoms with Crippen LogP contribution < -0.4 is 9.47 Å². The first kappa shape index (κ1) is 12.4. The number of ether oxygens (including phenoxy) is 2. The Morgan fingerprint density at radius 3 is 2.33 bits per heavy atom. The zero-order chi connectivity index (χ0) is 13.0. The molecule has 3 nitrogen and oxygen atoms in total. The molecule has 0 saturated heterocycles. The Kier molecular flexibility index (Phi) is 3.79. The molecule has 0 aliphatic heterocycles. The number of methoxy groups -OCH3 is 1. The van der Waals surface area contributed by atoms with Crippen LogP contribution in [0.15, 0.2) is 42.5 Å². The summed E-state index contributed by atoms with van der Waals surface area (Å²) in [6.07, 6.45) is 0. The van der Waals surface area contributed by atoms with Crippen molar-refractivity contribution in [1.82, 2.24) is 0 Å². The van der Waals surface area contributed by atoms with Gasteiger partial charge in [-0.3, -0.25) is 0 Å². The summed E-state index contributed by atoms with van der Waals surface area (Å²) in [5, 5.41) is 9.15. The zero-order valence-electron chi connectivity index (χ0n) is 9.89. The van der Waals surface area contributed by atoms with Crippen LogP contribution in [0, 0.1) is 5.82 Å². The van der Waals surface area contributed by atoms with Crippen LogP contribution >= 0.6 is 0 Å². The lowest BCUT2D eigenvalue weighted by atomic mass is 10.2. The number of rotatable bonds is 4. The van der Waals surface area contributed by atoms with Crippen LogP contribution in [0.2, 0.25) is 0 Å². The van der Waals surface area contributed by atoms with Crippen LogP contribution in [0.3, 0.4) is 0 Å². The van der Waals surface area contributed by atoms with Crippen molar-refractivity contribution in [3.63, 3.8) is 0 Å². The lowest BCUT2D eigenvalue weighted by Gasteiger charge is -2.12. The number of hydrogen-bond donors (Lipinski definition) is 1. The van der Waals surface area contributed by atoms with E-state index >= 15 is 0 Å². The fraction of sp³-hybridized carbons (Fsp3) is 0.143. The summed E-state index contributed by atoms with van der Waals surface area (Å²) < 4.78 is 24.2. The SMILES string of the molecule is COc1ccccc1Oc1cccc(F)c1CO. The maximum atomic E-state index is 13.5. The highest BCUT2D eigenvalue weighted by Crippen LogP contribution is 2.33. The molecule has 0 heterocycles. The molecule has 0 aliphatic rings. The molecule has 2 rings (SSSR count). The van der Waals surface area contributed by atoms with Gasteiger partial charge in [0.05, 0.1) is 19.3 Å². The molecule has 0 unspecified atom stereocenters. The average Bonchev–Trinajstić information content (AvgIpc) is 2.40. The molecule has 0 fully saturated rings. The maximum absolute atomic E-state index is 13.5. The van der Waals surface area contributed by atoms with Crippen LogP contribution in [-0.2, 0) is 6.61 Å². The number of aliphatic hydroxyl groups excluding tert-OH is 1. The van der Waals surface area contributed by atoms with E-state index in [1.807, 2.05) is 6.07 Å². The smallest absolute Gasteiger partial charge is 0.169 e. The summed E-state index contributed by atoms with van der Waals surface area (Å²) in [7, 11) is 1.53. The van der Waals surface area contributed by atoms with E-state index in [1.54, 1.807) is 24.3 Å². The van der Waals surface area contributed by atoms with Crippen LogP contribution in [-0.4, -0.2) is 12.2 Å². The summed E-state index contributed by atoms with van der Waals surface area (Å²) >= 11 is 0. The van der Waals surface area contributed by atoms with E-state index in [2.05, 4.69) is 0 Å². The lowest BCUT2D eigenvalue weighted by Crippen LogP contribution is -1.96. The molecule has 0 aromatic heterocycles. The third-order valence-electron chi connectivity index (χ3n) is 2.52. The van der Waals surface area contributed by atoms with E-state index in [9.17, 15) is 4.39 Å². The summed E-state index contributed by atoms with van der Waals surface area (Å²) in [6, 6.07) is 11.5. The molecule has 2 aromatic rings. The van der Waals surface area contributed by atoms with Gasteiger partial charge in [-0.1, -0.05) is 18.2 Å². The Morgan fingerprint density at radius 1 is 1.00 bits per heavy atom. The number of hydrogen-bond acceptors (Lipinski definition) is 3. The van der Waals surface area contributed by atoms with Crippen molar-refractivity contribution in [3.05, 3.63) is 53.8 Å². The molecule has 0 bridgehead atoms. The Balaban J connectivity index is 2.37. The highest BCUT2D eigenvalue weighted by molar-refractivity contribution is 5.44. The molecule has 0 saturated carbocycles. The highest BCUT2D eigenvalue weighted by atomic mass is 19.1. The van der Waals surface area contributed by atoms with E-state index in [-0.39, 0.29) is 11.3 Å². The summed E-state index contributed by atoms with van der Waals surface area (Å²) in [5.74, 6) is 0.804. The summed E-state index contributed by atoms with van der Waals surface area (Å²) in [5.41, 5.74) is 0.128. The Bertz CT molecular complexity index is 540. The fourth-order valence-electron chi connectivity index (χ4n) is 1.61. The second-order valence-corrected chi connectivity index (χ2v) is 3.63. The minimum atomic E-state index is -0.495. The van der Waals surface area contributed by atoms with Gasteiger partial charge in [-0.2, -0.15) is 0 Å². The van der Waals surface area contributed by atoms with Crippen molar-refractivity contribution in [1.29, 1.82) is 0 Å². The molecule has 18 heavy (non-hydrogen) atoms. The van der Waals surface area contributed by atoms with E-state index < -0.39 is 12.4 Å². The highest BCUT2D eigenvalue weighted by Gasteiger charge is 2.11. The average molecular weight is 248 g/mol. The predicted molar refractivity (Wildman–Crippen MR) is 65.4 cm³/mol. The predicted octanol–water partition coefficient (Wildman–Crippen LogP) is 3.12. The standard InChI is InChI=1S/C14H13FO3/c1-17-13-6-2-3-7-14(13)18-12-8-4-5-11(15)10(12)9-16/h2-8,16H,9H2,1H3. The van der Waals surface area contributed by atoms with Gasteiger partial charge in [0.2, 0.25) is 0 Å². The van der Waals surface area contributed by atoms with Crippen molar-refractivity contribution >= 4 is 0 Å². The zero-order valence-corrected chi connectivity index (χ0v) is 9.89. The quantitative estimate of drug-likeness (QED) is 0.903. The van der Waals surface area contributed by atoms with Crippen molar-refractivity contribution in [2.45, 2.75) is 6.61 Å². The van der Waals surface area contributed by atoms with Crippen LogP contribution in [0.5, 0.6) is 17.2 Å². The van der Waals surface area contributed by atoms with Crippen LogP contribution in [0.4, 0.5) is 4.39 Å². The summed E-state index contributed by atoms with van der Waals surface area (Å²) in [4.78, 5) is 0. The van der Waals surface area contributed by atoms with Crippen molar-refractivity contribution < 1.29 is 19.0 Å². The Hall–Kier alpha value is -2.07. The third kappa shape index (κ3) is 2.43. The molecule has 0 spiro atoms. The molecule has 0 atom stereocenters. The summed E-state index contributed by atoms with van der Waals surface area (Å²) in [6.45, 7) is -0.419. The Morgan fingerprint density at radius 2 is 1.67 bits per heavy atom. The van der Waals surface area contributed by atoms with Gasteiger partial charge in [0.1, 0.15) is 11.6 Å². The van der Waals surface area contributed by atoms with Gasteiger partial charge in [0.15, 0.2) is 11.5 Å². The first-order chi connectivity index (χ1) is 8.76. The first-order valence-corrected chi connectivity index (χ1v) is 5.45. The van der Waals surface area contributed by atoms with Crippen molar-refractivity contribution in [2.75, 3.05) is 7.11 Å². The van der Waals surface area contributed by atoms with E-state index in [1.165, 1.54) is 19.2 Å². The molecular formula is C14H13FO3. The molecular weight excluding hydrogens is 235 g/mol. The molecule has 94 valence electrons. The van der Waals surface area contributed by atoms with Gasteiger partial charge in [-0.05, 0) is 24.3 Å². The van der Waals surface area contributed by atoms with Crippen LogP contribution in [0.1, 0.15) is 5.56 Å². The van der Waals surface area contributed by atoms with E-state index in [0.29, 0.717) is 11.5 Å². The first-order valence-electron chi connectivity index (χ1n) is 5.45. The van der Waals surface area contributed by atoms with Crippen molar-refractivity contribution in [2.24, 2.45) is 0 Å². The molecule has 2 aromatic carbocycles. The topological polar surface area (TPSA) is 38.7 Å². The minimum Gasteiger partial charge on any atom is -0.493 e. The monoisotopic (exact) mass is 248 g/mol. The number of aliphatic hydroxyl groups is 1. The van der Waals surface area contributed by atoms with Crippen LogP contribution in [0.25, 0.3) is 0 Å². The van der Waals surface area contributed by atoms with E-state index in [4.69, 9.17) is 14.6 Å². The third-order valence-corrected chi connectivity index (χ3v) is 2.52.